The maximum atomic E-state index is 10.6. The van der Waals surface area contributed by atoms with E-state index in [0.29, 0.717) is 5.41 Å². The van der Waals surface area contributed by atoms with Crippen molar-refractivity contribution in [2.24, 2.45) is 5.41 Å². The average molecular weight is 247 g/mol. The van der Waals surface area contributed by atoms with Gasteiger partial charge in [-0.3, -0.25) is 4.79 Å². The van der Waals surface area contributed by atoms with Crippen LogP contribution in [0.15, 0.2) is 24.3 Å². The maximum Gasteiger partial charge on any atom is 0.307 e. The SMILES string of the molecule is CCC1(CC)CN(c2ccc(CC(=O)O)cc2)C1. The van der Waals surface area contributed by atoms with Gasteiger partial charge in [-0.15, -0.1) is 0 Å². The molecule has 0 radical (unpaired) electrons. The van der Waals surface area contributed by atoms with Gasteiger partial charge in [-0.25, -0.2) is 0 Å². The van der Waals surface area contributed by atoms with Crippen LogP contribution < -0.4 is 4.90 Å². The topological polar surface area (TPSA) is 40.5 Å². The lowest BCUT2D eigenvalue weighted by atomic mass is 9.75. The molecule has 0 unspecified atom stereocenters. The van der Waals surface area contributed by atoms with Crippen molar-refractivity contribution in [3.8, 4) is 0 Å². The van der Waals surface area contributed by atoms with Gasteiger partial charge in [-0.2, -0.15) is 0 Å². The minimum atomic E-state index is -0.775. The Morgan fingerprint density at radius 1 is 1.22 bits per heavy atom. The second-order valence-electron chi connectivity index (χ2n) is 5.30. The van der Waals surface area contributed by atoms with E-state index in [1.54, 1.807) is 0 Å². The fraction of sp³-hybridized carbons (Fsp3) is 0.533. The van der Waals surface area contributed by atoms with Crippen molar-refractivity contribution < 1.29 is 9.90 Å². The van der Waals surface area contributed by atoms with E-state index < -0.39 is 5.97 Å². The molecule has 2 rings (SSSR count). The van der Waals surface area contributed by atoms with E-state index in [9.17, 15) is 4.79 Å². The molecule has 98 valence electrons. The van der Waals surface area contributed by atoms with E-state index in [4.69, 9.17) is 5.11 Å². The van der Waals surface area contributed by atoms with Crippen molar-refractivity contribution in [3.63, 3.8) is 0 Å². The number of rotatable bonds is 5. The first-order valence-electron chi connectivity index (χ1n) is 6.64. The molecule has 3 nitrogen and oxygen atoms in total. The molecule has 1 N–H and O–H groups in total. The lowest BCUT2D eigenvalue weighted by Crippen LogP contribution is -2.55. The van der Waals surface area contributed by atoms with Crippen molar-refractivity contribution in [1.29, 1.82) is 0 Å². The average Bonchev–Trinajstić information content (AvgIpc) is 2.30. The summed E-state index contributed by atoms with van der Waals surface area (Å²) in [5.74, 6) is -0.775. The highest BCUT2D eigenvalue weighted by atomic mass is 16.4. The van der Waals surface area contributed by atoms with Gasteiger partial charge in [0.1, 0.15) is 0 Å². The highest BCUT2D eigenvalue weighted by Crippen LogP contribution is 2.39. The van der Waals surface area contributed by atoms with Crippen molar-refractivity contribution in [1.82, 2.24) is 0 Å². The van der Waals surface area contributed by atoms with E-state index in [2.05, 4.69) is 18.7 Å². The molecule has 1 aliphatic heterocycles. The third kappa shape index (κ3) is 2.50. The minimum absolute atomic E-state index is 0.105. The molecule has 0 atom stereocenters. The molecule has 1 aliphatic rings. The molecule has 0 spiro atoms. The fourth-order valence-corrected chi connectivity index (χ4v) is 2.64. The van der Waals surface area contributed by atoms with Gasteiger partial charge >= 0.3 is 5.97 Å². The van der Waals surface area contributed by atoms with E-state index in [1.807, 2.05) is 24.3 Å². The second-order valence-corrected chi connectivity index (χ2v) is 5.30. The van der Waals surface area contributed by atoms with Crippen LogP contribution in [0.5, 0.6) is 0 Å². The number of hydrogen-bond donors (Lipinski definition) is 1. The van der Waals surface area contributed by atoms with Crippen LogP contribution >= 0.6 is 0 Å². The summed E-state index contributed by atoms with van der Waals surface area (Å²) in [7, 11) is 0. The third-order valence-corrected chi connectivity index (χ3v) is 4.21. The standard InChI is InChI=1S/C15H21NO2/c1-3-15(4-2)10-16(11-15)13-7-5-12(6-8-13)9-14(17)18/h5-8H,3-4,9-11H2,1-2H3,(H,17,18). The van der Waals surface area contributed by atoms with Gasteiger partial charge < -0.3 is 10.0 Å². The predicted octanol–water partition coefficient (Wildman–Crippen LogP) is 2.94. The molecule has 1 aromatic carbocycles. The lowest BCUT2D eigenvalue weighted by molar-refractivity contribution is -0.136. The first-order chi connectivity index (χ1) is 8.58. The zero-order valence-corrected chi connectivity index (χ0v) is 11.1. The Bertz CT molecular complexity index is 413. The van der Waals surface area contributed by atoms with Crippen molar-refractivity contribution in [2.45, 2.75) is 33.1 Å². The zero-order valence-electron chi connectivity index (χ0n) is 11.1. The molecular formula is C15H21NO2. The van der Waals surface area contributed by atoms with E-state index in [0.717, 1.165) is 18.7 Å². The van der Waals surface area contributed by atoms with Gasteiger partial charge in [0.25, 0.3) is 0 Å². The maximum absolute atomic E-state index is 10.6. The highest BCUT2D eigenvalue weighted by molar-refractivity contribution is 5.70. The molecule has 0 saturated carbocycles. The summed E-state index contributed by atoms with van der Waals surface area (Å²) in [6, 6.07) is 7.91. The molecule has 3 heteroatoms. The molecule has 0 bridgehead atoms. The molecule has 1 fully saturated rings. The summed E-state index contributed by atoms with van der Waals surface area (Å²) in [6.45, 7) is 6.77. The Hall–Kier alpha value is -1.51. The van der Waals surface area contributed by atoms with Crippen LogP contribution in [0.1, 0.15) is 32.3 Å². The Balaban J connectivity index is 1.98. The minimum Gasteiger partial charge on any atom is -0.481 e. The third-order valence-electron chi connectivity index (χ3n) is 4.21. The molecular weight excluding hydrogens is 226 g/mol. The van der Waals surface area contributed by atoms with Crippen LogP contribution in [0.25, 0.3) is 0 Å². The Morgan fingerprint density at radius 2 is 1.78 bits per heavy atom. The van der Waals surface area contributed by atoms with Crippen LogP contribution in [0.2, 0.25) is 0 Å². The number of aliphatic carboxylic acids is 1. The largest absolute Gasteiger partial charge is 0.481 e. The van der Waals surface area contributed by atoms with Gasteiger partial charge in [0.15, 0.2) is 0 Å². The molecule has 1 aromatic rings. The fourth-order valence-electron chi connectivity index (χ4n) is 2.64. The van der Waals surface area contributed by atoms with Crippen LogP contribution in [0, 0.1) is 5.41 Å². The lowest BCUT2D eigenvalue weighted by Gasteiger charge is -2.51. The molecule has 0 aliphatic carbocycles. The second kappa shape index (κ2) is 5.01. The van der Waals surface area contributed by atoms with Crippen LogP contribution in [-0.4, -0.2) is 24.2 Å². The smallest absolute Gasteiger partial charge is 0.307 e. The molecule has 1 saturated heterocycles. The predicted molar refractivity (Wildman–Crippen MR) is 73.0 cm³/mol. The summed E-state index contributed by atoms with van der Waals surface area (Å²) in [6.07, 6.45) is 2.57. The number of carboxylic acid groups (broad SMARTS) is 1. The van der Waals surface area contributed by atoms with Gasteiger partial charge in [0.05, 0.1) is 6.42 Å². The van der Waals surface area contributed by atoms with E-state index >= 15 is 0 Å². The summed E-state index contributed by atoms with van der Waals surface area (Å²) >= 11 is 0. The molecule has 1 heterocycles. The summed E-state index contributed by atoms with van der Waals surface area (Å²) in [5.41, 5.74) is 2.57. The van der Waals surface area contributed by atoms with Gasteiger partial charge in [-0.05, 0) is 30.5 Å². The number of carboxylic acids is 1. The number of benzene rings is 1. The first-order valence-corrected chi connectivity index (χ1v) is 6.64. The van der Waals surface area contributed by atoms with Gasteiger partial charge in [-0.1, -0.05) is 26.0 Å². The number of carbonyl (C=O) groups is 1. The number of nitrogens with zero attached hydrogens (tertiary/aromatic N) is 1. The Kier molecular flexibility index (Phi) is 3.60. The first kappa shape index (κ1) is 12.9. The molecule has 0 aromatic heterocycles. The molecule has 0 amide bonds. The Labute approximate surface area is 108 Å². The Morgan fingerprint density at radius 3 is 2.22 bits per heavy atom. The van der Waals surface area contributed by atoms with Crippen molar-refractivity contribution in [2.75, 3.05) is 18.0 Å². The van der Waals surface area contributed by atoms with Crippen molar-refractivity contribution in [3.05, 3.63) is 29.8 Å². The van der Waals surface area contributed by atoms with Crippen LogP contribution in [0.4, 0.5) is 5.69 Å². The van der Waals surface area contributed by atoms with Crippen LogP contribution in [-0.2, 0) is 11.2 Å². The van der Waals surface area contributed by atoms with Gasteiger partial charge in [0.2, 0.25) is 0 Å². The summed E-state index contributed by atoms with van der Waals surface area (Å²) < 4.78 is 0. The van der Waals surface area contributed by atoms with E-state index in [-0.39, 0.29) is 6.42 Å². The summed E-state index contributed by atoms with van der Waals surface area (Å²) in [5, 5.41) is 8.72. The molecule has 18 heavy (non-hydrogen) atoms. The van der Waals surface area contributed by atoms with Crippen LogP contribution in [0.3, 0.4) is 0 Å². The normalized spacial score (nSPS) is 17.3. The summed E-state index contributed by atoms with van der Waals surface area (Å²) in [4.78, 5) is 13.0. The van der Waals surface area contributed by atoms with Gasteiger partial charge in [0, 0.05) is 24.2 Å². The number of anilines is 1. The number of hydrogen-bond acceptors (Lipinski definition) is 2. The quantitative estimate of drug-likeness (QED) is 0.869. The zero-order chi connectivity index (χ0) is 13.2. The van der Waals surface area contributed by atoms with Crippen molar-refractivity contribution >= 4 is 11.7 Å². The highest BCUT2D eigenvalue weighted by Gasteiger charge is 2.39. The monoisotopic (exact) mass is 247 g/mol. The van der Waals surface area contributed by atoms with E-state index in [1.165, 1.54) is 18.5 Å².